The number of nitrogens with one attached hydrogen (secondary N) is 1. The fraction of sp³-hybridized carbons (Fsp3) is 0.875. The maximum Gasteiger partial charge on any atom is 0.240 e. The van der Waals surface area contributed by atoms with Gasteiger partial charge in [0.25, 0.3) is 0 Å². The van der Waals surface area contributed by atoms with Crippen molar-refractivity contribution in [1.82, 2.24) is 5.48 Å². The Morgan fingerprint density at radius 3 is 2.25 bits per heavy atom. The number of hydrogen-bond acceptors (Lipinski definition) is 2. The average molecular weight is 175 g/mol. The van der Waals surface area contributed by atoms with Crippen LogP contribution in [0.3, 0.4) is 0 Å². The number of quaternary nitrogens is 1. The molecule has 0 aromatic rings. The zero-order valence-electron chi connectivity index (χ0n) is 8.55. The summed E-state index contributed by atoms with van der Waals surface area (Å²) in [4.78, 5) is 15.7. The third-order valence-electron chi connectivity index (χ3n) is 1.55. The fourth-order valence-electron chi connectivity index (χ4n) is 0.940. The second kappa shape index (κ2) is 4.42. The minimum absolute atomic E-state index is 0.00824. The van der Waals surface area contributed by atoms with Crippen molar-refractivity contribution in [3.8, 4) is 0 Å². The molecule has 1 atom stereocenters. The summed E-state index contributed by atoms with van der Waals surface area (Å²) in [5, 5.41) is 0. The minimum atomic E-state index is -0.165. The summed E-state index contributed by atoms with van der Waals surface area (Å²) in [5.41, 5.74) is 2.35. The van der Waals surface area contributed by atoms with Crippen molar-refractivity contribution >= 4 is 5.91 Å². The van der Waals surface area contributed by atoms with Crippen LogP contribution in [0.15, 0.2) is 0 Å². The Morgan fingerprint density at radius 1 is 1.50 bits per heavy atom. The van der Waals surface area contributed by atoms with E-state index in [1.165, 1.54) is 6.92 Å². The highest BCUT2D eigenvalue weighted by Crippen LogP contribution is 2.06. The van der Waals surface area contributed by atoms with E-state index in [2.05, 4.69) is 5.48 Å². The van der Waals surface area contributed by atoms with Crippen molar-refractivity contribution in [2.24, 2.45) is 0 Å². The summed E-state index contributed by atoms with van der Waals surface area (Å²) >= 11 is 0. The lowest BCUT2D eigenvalue weighted by Crippen LogP contribution is -2.49. The minimum Gasteiger partial charge on any atom is -0.304 e. The number of rotatable bonds is 4. The molecular formula is C8H19N2O2+. The summed E-state index contributed by atoms with van der Waals surface area (Å²) < 4.78 is 0.677. The smallest absolute Gasteiger partial charge is 0.240 e. The van der Waals surface area contributed by atoms with Gasteiger partial charge in [0.05, 0.1) is 21.1 Å². The largest absolute Gasteiger partial charge is 0.304 e. The first-order valence-corrected chi connectivity index (χ1v) is 4.11. The standard InChI is InChI=1S/C8H18N2O2/c1-6-8(10(3,4)5)12-9-7(2)11/h8H,6H2,1-5H3/p+1. The molecule has 72 valence electrons. The number of hydrogen-bond donors (Lipinski definition) is 1. The van der Waals surface area contributed by atoms with Crippen molar-refractivity contribution in [1.29, 1.82) is 0 Å². The molecule has 1 N–H and O–H groups in total. The lowest BCUT2D eigenvalue weighted by molar-refractivity contribution is -0.921. The molecule has 0 saturated heterocycles. The van der Waals surface area contributed by atoms with Crippen LogP contribution in [0.1, 0.15) is 20.3 Å². The predicted octanol–water partition coefficient (Wildman–Crippen LogP) is 0.496. The highest BCUT2D eigenvalue weighted by Gasteiger charge is 2.22. The zero-order chi connectivity index (χ0) is 9.78. The number of carbonyl (C=O) groups excluding carboxylic acids is 1. The molecule has 0 aromatic carbocycles. The molecule has 0 saturated carbocycles. The van der Waals surface area contributed by atoms with Crippen LogP contribution in [0.4, 0.5) is 0 Å². The monoisotopic (exact) mass is 175 g/mol. The molecule has 1 unspecified atom stereocenters. The van der Waals surface area contributed by atoms with Crippen LogP contribution < -0.4 is 5.48 Å². The molecule has 0 aliphatic rings. The Morgan fingerprint density at radius 2 is 2.00 bits per heavy atom. The summed E-state index contributed by atoms with van der Waals surface area (Å²) in [7, 11) is 6.07. The third-order valence-corrected chi connectivity index (χ3v) is 1.55. The number of nitrogens with zero attached hydrogens (tertiary/aromatic N) is 1. The molecule has 0 rings (SSSR count). The summed E-state index contributed by atoms with van der Waals surface area (Å²) in [6.07, 6.45) is 0.873. The van der Waals surface area contributed by atoms with Gasteiger partial charge in [0.2, 0.25) is 12.1 Å². The van der Waals surface area contributed by atoms with E-state index in [9.17, 15) is 4.79 Å². The predicted molar refractivity (Wildman–Crippen MR) is 47.0 cm³/mol. The van der Waals surface area contributed by atoms with Crippen LogP contribution in [-0.2, 0) is 9.63 Å². The van der Waals surface area contributed by atoms with E-state index in [1.807, 2.05) is 28.1 Å². The molecule has 0 aliphatic heterocycles. The van der Waals surface area contributed by atoms with Crippen LogP contribution in [0.2, 0.25) is 0 Å². The molecule has 0 aliphatic carbocycles. The van der Waals surface area contributed by atoms with Crippen LogP contribution in [-0.4, -0.2) is 37.8 Å². The topological polar surface area (TPSA) is 38.3 Å². The van der Waals surface area contributed by atoms with E-state index in [1.54, 1.807) is 0 Å². The average Bonchev–Trinajstić information content (AvgIpc) is 1.85. The molecule has 12 heavy (non-hydrogen) atoms. The molecule has 0 fully saturated rings. The van der Waals surface area contributed by atoms with Gasteiger partial charge in [0.15, 0.2) is 0 Å². The van der Waals surface area contributed by atoms with Gasteiger partial charge in [-0.3, -0.25) is 4.79 Å². The second-order valence-electron chi connectivity index (χ2n) is 3.76. The Kier molecular flexibility index (Phi) is 4.20. The number of hydroxylamine groups is 1. The Balaban J connectivity index is 3.92. The zero-order valence-corrected chi connectivity index (χ0v) is 8.55. The van der Waals surface area contributed by atoms with Gasteiger partial charge in [-0.15, -0.1) is 0 Å². The first-order valence-electron chi connectivity index (χ1n) is 4.11. The molecule has 0 bridgehead atoms. The lowest BCUT2D eigenvalue weighted by Gasteiger charge is -2.32. The van der Waals surface area contributed by atoms with Gasteiger partial charge in [-0.05, 0) is 0 Å². The quantitative estimate of drug-likeness (QED) is 0.384. The maximum absolute atomic E-state index is 10.5. The van der Waals surface area contributed by atoms with Crippen LogP contribution in [0.5, 0.6) is 0 Å². The van der Waals surface area contributed by atoms with Gasteiger partial charge in [-0.25, -0.2) is 10.3 Å². The molecule has 1 amide bonds. The molecule has 0 radical (unpaired) electrons. The van der Waals surface area contributed by atoms with Crippen LogP contribution >= 0.6 is 0 Å². The van der Waals surface area contributed by atoms with E-state index in [0.717, 1.165) is 6.42 Å². The van der Waals surface area contributed by atoms with E-state index in [-0.39, 0.29) is 12.1 Å². The summed E-state index contributed by atoms with van der Waals surface area (Å²) in [6, 6.07) is 0. The van der Waals surface area contributed by atoms with E-state index < -0.39 is 0 Å². The van der Waals surface area contributed by atoms with Gasteiger partial charge in [-0.2, -0.15) is 0 Å². The second-order valence-corrected chi connectivity index (χ2v) is 3.76. The van der Waals surface area contributed by atoms with Gasteiger partial charge in [-0.1, -0.05) is 6.92 Å². The lowest BCUT2D eigenvalue weighted by atomic mass is 10.3. The molecule has 0 aromatic heterocycles. The molecule has 0 heterocycles. The van der Waals surface area contributed by atoms with Gasteiger partial charge < -0.3 is 4.48 Å². The van der Waals surface area contributed by atoms with E-state index in [4.69, 9.17) is 4.84 Å². The highest BCUT2D eigenvalue weighted by atomic mass is 16.7. The van der Waals surface area contributed by atoms with Crippen molar-refractivity contribution in [2.45, 2.75) is 26.5 Å². The van der Waals surface area contributed by atoms with E-state index in [0.29, 0.717) is 4.48 Å². The maximum atomic E-state index is 10.5. The molecular weight excluding hydrogens is 156 g/mol. The third kappa shape index (κ3) is 4.31. The SMILES string of the molecule is CCC(ONC(C)=O)[N+](C)(C)C. The van der Waals surface area contributed by atoms with Gasteiger partial charge in [0.1, 0.15) is 0 Å². The Bertz CT molecular complexity index is 152. The number of amides is 1. The summed E-state index contributed by atoms with van der Waals surface area (Å²) in [5.74, 6) is -0.165. The van der Waals surface area contributed by atoms with Crippen molar-refractivity contribution in [3.63, 3.8) is 0 Å². The number of carbonyl (C=O) groups is 1. The first-order chi connectivity index (χ1) is 5.38. The highest BCUT2D eigenvalue weighted by molar-refractivity contribution is 5.71. The first kappa shape index (κ1) is 11.4. The van der Waals surface area contributed by atoms with Gasteiger partial charge >= 0.3 is 0 Å². The normalized spacial score (nSPS) is 14.1. The van der Waals surface area contributed by atoms with Crippen LogP contribution in [0.25, 0.3) is 0 Å². The van der Waals surface area contributed by atoms with Crippen molar-refractivity contribution < 1.29 is 14.1 Å². The van der Waals surface area contributed by atoms with Crippen molar-refractivity contribution in [2.75, 3.05) is 21.1 Å². The summed E-state index contributed by atoms with van der Waals surface area (Å²) in [6.45, 7) is 3.46. The Hall–Kier alpha value is -0.610. The van der Waals surface area contributed by atoms with Gasteiger partial charge in [0, 0.05) is 13.3 Å². The van der Waals surface area contributed by atoms with E-state index >= 15 is 0 Å². The molecule has 0 spiro atoms. The fourth-order valence-corrected chi connectivity index (χ4v) is 0.940. The Labute approximate surface area is 74.0 Å². The molecule has 4 heteroatoms. The van der Waals surface area contributed by atoms with Crippen LogP contribution in [0, 0.1) is 0 Å². The molecule has 4 nitrogen and oxygen atoms in total. The van der Waals surface area contributed by atoms with Crippen molar-refractivity contribution in [3.05, 3.63) is 0 Å².